The van der Waals surface area contributed by atoms with E-state index in [0.29, 0.717) is 6.10 Å². The molecule has 1 nitrogen and oxygen atoms in total. The van der Waals surface area contributed by atoms with Crippen molar-refractivity contribution in [3.63, 3.8) is 0 Å². The van der Waals surface area contributed by atoms with Gasteiger partial charge in [0, 0.05) is 0 Å². The van der Waals surface area contributed by atoms with Crippen molar-refractivity contribution in [3.05, 3.63) is 0 Å². The van der Waals surface area contributed by atoms with Gasteiger partial charge in [-0.05, 0) is 25.2 Å². The molecule has 0 aromatic carbocycles. The minimum absolute atomic E-state index is 0.0214. The maximum Gasteiger partial charge on any atom is 0.131 e. The van der Waals surface area contributed by atoms with Crippen LogP contribution in [-0.2, 0) is 4.74 Å². The average Bonchev–Trinajstić information content (AvgIpc) is 2.27. The van der Waals surface area contributed by atoms with E-state index in [1.807, 2.05) is 0 Å². The number of ether oxygens (including phenoxy) is 1. The van der Waals surface area contributed by atoms with E-state index in [-0.39, 0.29) is 5.56 Å². The number of rotatable bonds is 0. The van der Waals surface area contributed by atoms with Crippen LogP contribution in [0.15, 0.2) is 0 Å². The van der Waals surface area contributed by atoms with Crippen LogP contribution in [0.3, 0.4) is 0 Å². The summed E-state index contributed by atoms with van der Waals surface area (Å²) in [6, 6.07) is 0. The molecule has 2 heteroatoms. The number of fused-ring (bicyclic) bond motifs is 1. The van der Waals surface area contributed by atoms with Gasteiger partial charge in [-0.3, -0.25) is 0 Å². The van der Waals surface area contributed by atoms with Crippen molar-refractivity contribution in [2.45, 2.75) is 43.8 Å². The maximum atomic E-state index is 5.86. The standard InChI is InChI=1S/C8H13ClO/c9-8-5-6-3-1-2-4-7(6)10-8/h6-8H,1-5H2. The van der Waals surface area contributed by atoms with Gasteiger partial charge in [-0.2, -0.15) is 0 Å². The molecule has 0 radical (unpaired) electrons. The Hall–Kier alpha value is 0.250. The van der Waals surface area contributed by atoms with E-state index < -0.39 is 0 Å². The molecule has 1 saturated carbocycles. The second-order valence-electron chi connectivity index (χ2n) is 3.36. The summed E-state index contributed by atoms with van der Waals surface area (Å²) in [4.78, 5) is 0. The Morgan fingerprint density at radius 1 is 1.20 bits per heavy atom. The Morgan fingerprint density at radius 2 is 2.00 bits per heavy atom. The lowest BCUT2D eigenvalue weighted by atomic mass is 9.86. The largest absolute Gasteiger partial charge is 0.359 e. The van der Waals surface area contributed by atoms with Crippen LogP contribution in [0.4, 0.5) is 0 Å². The van der Waals surface area contributed by atoms with Gasteiger partial charge in [0.25, 0.3) is 0 Å². The van der Waals surface area contributed by atoms with Gasteiger partial charge in [-0.15, -0.1) is 0 Å². The van der Waals surface area contributed by atoms with Crippen molar-refractivity contribution >= 4 is 11.6 Å². The lowest BCUT2D eigenvalue weighted by Crippen LogP contribution is -2.19. The first kappa shape index (κ1) is 6.93. The summed E-state index contributed by atoms with van der Waals surface area (Å²) < 4.78 is 5.53. The normalized spacial score (nSPS) is 47.1. The Morgan fingerprint density at radius 3 is 2.80 bits per heavy atom. The van der Waals surface area contributed by atoms with E-state index >= 15 is 0 Å². The number of hydrogen-bond acceptors (Lipinski definition) is 1. The third-order valence-corrected chi connectivity index (χ3v) is 2.93. The zero-order valence-corrected chi connectivity index (χ0v) is 6.81. The number of hydrogen-bond donors (Lipinski definition) is 0. The number of halogens is 1. The molecule has 3 unspecified atom stereocenters. The molecule has 2 aliphatic rings. The third-order valence-electron chi connectivity index (χ3n) is 2.65. The molecule has 58 valence electrons. The summed E-state index contributed by atoms with van der Waals surface area (Å²) in [5.74, 6) is 0.788. The molecule has 10 heavy (non-hydrogen) atoms. The molecule has 2 rings (SSSR count). The van der Waals surface area contributed by atoms with Gasteiger partial charge in [0.2, 0.25) is 0 Å². The lowest BCUT2D eigenvalue weighted by Gasteiger charge is -2.22. The van der Waals surface area contributed by atoms with Crippen molar-refractivity contribution in [2.24, 2.45) is 5.92 Å². The zero-order chi connectivity index (χ0) is 6.97. The van der Waals surface area contributed by atoms with Crippen LogP contribution in [0.25, 0.3) is 0 Å². The molecule has 1 heterocycles. The van der Waals surface area contributed by atoms with Gasteiger partial charge < -0.3 is 4.74 Å². The van der Waals surface area contributed by atoms with Crippen LogP contribution in [0.5, 0.6) is 0 Å². The zero-order valence-electron chi connectivity index (χ0n) is 6.05. The van der Waals surface area contributed by atoms with Crippen molar-refractivity contribution in [1.29, 1.82) is 0 Å². The van der Waals surface area contributed by atoms with Gasteiger partial charge in [-0.1, -0.05) is 24.4 Å². The van der Waals surface area contributed by atoms with E-state index in [4.69, 9.17) is 16.3 Å². The Kier molecular flexibility index (Phi) is 1.88. The van der Waals surface area contributed by atoms with Crippen molar-refractivity contribution in [3.8, 4) is 0 Å². The van der Waals surface area contributed by atoms with E-state index in [1.165, 1.54) is 25.7 Å². The molecule has 1 aliphatic heterocycles. The monoisotopic (exact) mass is 160 g/mol. The molecule has 0 N–H and O–H groups in total. The second-order valence-corrected chi connectivity index (χ2v) is 3.85. The van der Waals surface area contributed by atoms with Crippen LogP contribution >= 0.6 is 11.6 Å². The first-order chi connectivity index (χ1) is 4.86. The predicted molar refractivity (Wildman–Crippen MR) is 41.1 cm³/mol. The first-order valence-electron chi connectivity index (χ1n) is 4.16. The highest BCUT2D eigenvalue weighted by molar-refractivity contribution is 6.19. The van der Waals surface area contributed by atoms with Crippen LogP contribution in [0.1, 0.15) is 32.1 Å². The topological polar surface area (TPSA) is 9.23 Å². The molecular weight excluding hydrogens is 148 g/mol. The molecule has 0 spiro atoms. The van der Waals surface area contributed by atoms with Crippen molar-refractivity contribution < 1.29 is 4.74 Å². The minimum Gasteiger partial charge on any atom is -0.359 e. The molecule has 0 amide bonds. The first-order valence-corrected chi connectivity index (χ1v) is 4.59. The molecule has 2 fully saturated rings. The SMILES string of the molecule is ClC1CC2CCCCC2O1. The Bertz CT molecular complexity index is 112. The van der Waals surface area contributed by atoms with Crippen LogP contribution < -0.4 is 0 Å². The highest BCUT2D eigenvalue weighted by Gasteiger charge is 2.35. The van der Waals surface area contributed by atoms with Gasteiger partial charge in [0.05, 0.1) is 6.10 Å². The Labute approximate surface area is 66.7 Å². The third kappa shape index (κ3) is 1.17. The highest BCUT2D eigenvalue weighted by atomic mass is 35.5. The van der Waals surface area contributed by atoms with Crippen LogP contribution in [0.2, 0.25) is 0 Å². The van der Waals surface area contributed by atoms with E-state index in [2.05, 4.69) is 0 Å². The number of alkyl halides is 1. The maximum absolute atomic E-state index is 5.86. The average molecular weight is 161 g/mol. The van der Waals surface area contributed by atoms with Crippen molar-refractivity contribution in [1.82, 2.24) is 0 Å². The summed E-state index contributed by atoms with van der Waals surface area (Å²) in [7, 11) is 0. The van der Waals surface area contributed by atoms with E-state index in [1.54, 1.807) is 0 Å². The summed E-state index contributed by atoms with van der Waals surface area (Å²) >= 11 is 5.86. The molecule has 3 atom stereocenters. The summed E-state index contributed by atoms with van der Waals surface area (Å²) in [6.45, 7) is 0. The van der Waals surface area contributed by atoms with Gasteiger partial charge in [0.15, 0.2) is 0 Å². The fourth-order valence-electron chi connectivity index (χ4n) is 2.11. The lowest BCUT2D eigenvalue weighted by molar-refractivity contribution is 0.0508. The Balaban J connectivity index is 1.97. The minimum atomic E-state index is 0.0214. The summed E-state index contributed by atoms with van der Waals surface area (Å²) in [5.41, 5.74) is 0.0214. The fraction of sp³-hybridized carbons (Fsp3) is 1.00. The summed E-state index contributed by atoms with van der Waals surface area (Å²) in [6.07, 6.45) is 6.91. The fourth-order valence-corrected chi connectivity index (χ4v) is 2.47. The molecule has 0 aromatic rings. The van der Waals surface area contributed by atoms with Gasteiger partial charge in [-0.25, -0.2) is 0 Å². The van der Waals surface area contributed by atoms with Crippen molar-refractivity contribution in [2.75, 3.05) is 0 Å². The molecule has 0 bridgehead atoms. The van der Waals surface area contributed by atoms with Crippen LogP contribution in [-0.4, -0.2) is 11.7 Å². The molecular formula is C8H13ClO. The van der Waals surface area contributed by atoms with E-state index in [9.17, 15) is 0 Å². The predicted octanol–water partition coefficient (Wildman–Crippen LogP) is 2.53. The second kappa shape index (κ2) is 2.71. The molecule has 1 saturated heterocycles. The smallest absolute Gasteiger partial charge is 0.131 e. The van der Waals surface area contributed by atoms with Crippen LogP contribution in [0, 0.1) is 5.92 Å². The molecule has 0 aromatic heterocycles. The molecule has 1 aliphatic carbocycles. The summed E-state index contributed by atoms with van der Waals surface area (Å²) in [5, 5.41) is 0. The van der Waals surface area contributed by atoms with E-state index in [0.717, 1.165) is 12.3 Å². The van der Waals surface area contributed by atoms with Gasteiger partial charge >= 0.3 is 0 Å². The quantitative estimate of drug-likeness (QED) is 0.495. The highest BCUT2D eigenvalue weighted by Crippen LogP contribution is 2.38. The van der Waals surface area contributed by atoms with Gasteiger partial charge in [0.1, 0.15) is 5.56 Å².